The minimum absolute atomic E-state index is 0.103. The van der Waals surface area contributed by atoms with Crippen LogP contribution < -0.4 is 28.5 Å². The number of nitrogens with zero attached hydrogens (tertiary/aromatic N) is 1. The van der Waals surface area contributed by atoms with E-state index in [9.17, 15) is 13.2 Å². The molecule has 0 aliphatic heterocycles. The van der Waals surface area contributed by atoms with E-state index in [1.165, 1.54) is 71.9 Å². The first-order valence-electron chi connectivity index (χ1n) is 8.47. The molecule has 0 atom stereocenters. The Balaban J connectivity index is 2.31. The maximum absolute atomic E-state index is 12.6. The summed E-state index contributed by atoms with van der Waals surface area (Å²) in [5.74, 6) is 0.534. The number of nitrogens with one attached hydrogen (secondary N) is 1. The molecular formula is C19H22N2O8S. The molecule has 1 N–H and O–H groups in total. The first-order valence-corrected chi connectivity index (χ1v) is 9.95. The van der Waals surface area contributed by atoms with Gasteiger partial charge in [0.1, 0.15) is 16.4 Å². The number of carbonyl (C=O) groups excluding carboxylic acids is 1. The summed E-state index contributed by atoms with van der Waals surface area (Å²) in [6.07, 6.45) is 1.25. The average Bonchev–Trinajstić information content (AvgIpc) is 2.73. The van der Waals surface area contributed by atoms with Gasteiger partial charge in [-0.05, 0) is 24.3 Å². The Kier molecular flexibility index (Phi) is 7.48. The molecule has 162 valence electrons. The van der Waals surface area contributed by atoms with Crippen molar-refractivity contribution in [1.29, 1.82) is 0 Å². The highest BCUT2D eigenvalue weighted by Crippen LogP contribution is 2.38. The Labute approximate surface area is 174 Å². The van der Waals surface area contributed by atoms with Gasteiger partial charge in [0, 0.05) is 18.6 Å². The van der Waals surface area contributed by atoms with E-state index >= 15 is 0 Å². The molecule has 2 aromatic carbocycles. The maximum atomic E-state index is 12.6. The lowest BCUT2D eigenvalue weighted by Crippen LogP contribution is -2.19. The number of methoxy groups -OCH3 is 4. The molecule has 0 radical (unpaired) electrons. The maximum Gasteiger partial charge on any atom is 0.308 e. The van der Waals surface area contributed by atoms with Crippen molar-refractivity contribution in [2.45, 2.75) is 11.8 Å². The molecule has 0 aromatic heterocycles. The zero-order valence-electron chi connectivity index (χ0n) is 17.1. The summed E-state index contributed by atoms with van der Waals surface area (Å²) in [6, 6.07) is 7.29. The second kappa shape index (κ2) is 9.83. The number of ether oxygens (including phenoxy) is 5. The fourth-order valence-corrected chi connectivity index (χ4v) is 3.38. The Morgan fingerprint density at radius 2 is 1.53 bits per heavy atom. The van der Waals surface area contributed by atoms with Crippen molar-refractivity contribution in [2.75, 3.05) is 28.4 Å². The number of benzene rings is 2. The third kappa shape index (κ3) is 5.32. The molecule has 10 nitrogen and oxygen atoms in total. The molecule has 2 rings (SSSR count). The largest absolute Gasteiger partial charge is 0.497 e. The molecule has 0 fully saturated rings. The van der Waals surface area contributed by atoms with Crippen molar-refractivity contribution in [3.8, 4) is 28.7 Å². The van der Waals surface area contributed by atoms with Gasteiger partial charge in [-0.15, -0.1) is 0 Å². The number of esters is 1. The van der Waals surface area contributed by atoms with Crippen molar-refractivity contribution in [2.24, 2.45) is 5.10 Å². The fraction of sp³-hybridized carbons (Fsp3) is 0.263. The van der Waals surface area contributed by atoms with Crippen molar-refractivity contribution >= 4 is 22.2 Å². The van der Waals surface area contributed by atoms with Crippen LogP contribution in [0.1, 0.15) is 12.5 Å². The summed E-state index contributed by atoms with van der Waals surface area (Å²) < 4.78 is 50.9. The highest BCUT2D eigenvalue weighted by Gasteiger charge is 2.20. The van der Waals surface area contributed by atoms with Crippen molar-refractivity contribution in [3.63, 3.8) is 0 Å². The molecule has 2 aromatic rings. The Bertz CT molecular complexity index is 1030. The minimum Gasteiger partial charge on any atom is -0.497 e. The van der Waals surface area contributed by atoms with E-state index in [1.807, 2.05) is 0 Å². The summed E-state index contributed by atoms with van der Waals surface area (Å²) in [5.41, 5.74) is 0.434. The zero-order chi connectivity index (χ0) is 22.3. The number of hydrazone groups is 1. The molecular weight excluding hydrogens is 416 g/mol. The summed E-state index contributed by atoms with van der Waals surface area (Å²) >= 11 is 0. The third-order valence-corrected chi connectivity index (χ3v) is 5.04. The number of rotatable bonds is 9. The van der Waals surface area contributed by atoms with Gasteiger partial charge in [0.05, 0.1) is 34.7 Å². The average molecular weight is 438 g/mol. The van der Waals surface area contributed by atoms with Gasteiger partial charge in [-0.2, -0.15) is 18.4 Å². The lowest BCUT2D eigenvalue weighted by atomic mass is 10.2. The fourth-order valence-electron chi connectivity index (χ4n) is 2.44. The molecule has 0 aliphatic carbocycles. The van der Waals surface area contributed by atoms with E-state index in [0.29, 0.717) is 11.3 Å². The molecule has 0 saturated carbocycles. The van der Waals surface area contributed by atoms with Gasteiger partial charge in [-0.3, -0.25) is 4.79 Å². The summed E-state index contributed by atoms with van der Waals surface area (Å²) in [4.78, 5) is 13.3. The van der Waals surface area contributed by atoms with Crippen LogP contribution in [0.5, 0.6) is 28.7 Å². The van der Waals surface area contributed by atoms with Crippen LogP contribution in [0.15, 0.2) is 40.3 Å². The molecule has 0 saturated heterocycles. The van der Waals surface area contributed by atoms with E-state index in [2.05, 4.69) is 9.93 Å². The van der Waals surface area contributed by atoms with Crippen LogP contribution in [0.4, 0.5) is 0 Å². The molecule has 0 aliphatic rings. The number of sulfonamides is 1. The lowest BCUT2D eigenvalue weighted by Gasteiger charge is -2.13. The Hall–Kier alpha value is -3.47. The van der Waals surface area contributed by atoms with E-state index in [0.717, 1.165) is 0 Å². The topological polar surface area (TPSA) is 122 Å². The summed E-state index contributed by atoms with van der Waals surface area (Å²) in [6.45, 7) is 1.25. The van der Waals surface area contributed by atoms with Crippen molar-refractivity contribution in [1.82, 2.24) is 4.83 Å². The predicted molar refractivity (Wildman–Crippen MR) is 108 cm³/mol. The predicted octanol–water partition coefficient (Wildman–Crippen LogP) is 1.96. The first kappa shape index (κ1) is 22.8. The number of hydrogen-bond donors (Lipinski definition) is 1. The Morgan fingerprint density at radius 1 is 0.933 bits per heavy atom. The van der Waals surface area contributed by atoms with E-state index in [1.54, 1.807) is 0 Å². The Morgan fingerprint density at radius 3 is 2.03 bits per heavy atom. The smallest absolute Gasteiger partial charge is 0.308 e. The van der Waals surface area contributed by atoms with Crippen LogP contribution in [-0.4, -0.2) is 49.0 Å². The molecule has 0 bridgehead atoms. The van der Waals surface area contributed by atoms with Crippen LogP contribution in [0, 0.1) is 0 Å². The van der Waals surface area contributed by atoms with Crippen LogP contribution in [0.2, 0.25) is 0 Å². The standard InChI is InChI=1S/C19H22N2O8S/c1-12(22)29-19-16(27-4)8-13(9-17(19)28-5)11-20-21-30(23,24)18-7-6-14(25-2)10-15(18)26-3/h6-11,21H,1-5H3/b20-11-. The molecule has 0 spiro atoms. The van der Waals surface area contributed by atoms with Crippen molar-refractivity contribution in [3.05, 3.63) is 35.9 Å². The second-order valence-corrected chi connectivity index (χ2v) is 7.35. The highest BCUT2D eigenvalue weighted by atomic mass is 32.2. The first-order chi connectivity index (χ1) is 14.2. The van der Waals surface area contributed by atoms with Crippen LogP contribution in [0.3, 0.4) is 0 Å². The third-order valence-electron chi connectivity index (χ3n) is 3.78. The monoisotopic (exact) mass is 438 g/mol. The molecule has 0 unspecified atom stereocenters. The number of hydrogen-bond acceptors (Lipinski definition) is 9. The molecule has 11 heteroatoms. The van der Waals surface area contributed by atoms with Gasteiger partial charge < -0.3 is 23.7 Å². The summed E-state index contributed by atoms with van der Waals surface area (Å²) in [7, 11) is 1.57. The van der Waals surface area contributed by atoms with Gasteiger partial charge in [0.2, 0.25) is 5.75 Å². The normalized spacial score (nSPS) is 11.1. The van der Waals surface area contributed by atoms with E-state index in [4.69, 9.17) is 23.7 Å². The SMILES string of the molecule is COc1ccc(S(=O)(=O)N/N=C\c2cc(OC)c(OC(C)=O)c(OC)c2)c(OC)c1. The zero-order valence-corrected chi connectivity index (χ0v) is 17.9. The van der Waals surface area contributed by atoms with Crippen LogP contribution >= 0.6 is 0 Å². The molecule has 30 heavy (non-hydrogen) atoms. The second-order valence-electron chi connectivity index (χ2n) is 5.72. The minimum atomic E-state index is -4.01. The van der Waals surface area contributed by atoms with Crippen LogP contribution in [-0.2, 0) is 14.8 Å². The van der Waals surface area contributed by atoms with E-state index in [-0.39, 0.29) is 27.9 Å². The quantitative estimate of drug-likeness (QED) is 0.273. The molecule has 0 amide bonds. The molecule has 0 heterocycles. The highest BCUT2D eigenvalue weighted by molar-refractivity contribution is 7.89. The van der Waals surface area contributed by atoms with Gasteiger partial charge >= 0.3 is 5.97 Å². The summed E-state index contributed by atoms with van der Waals surface area (Å²) in [5, 5.41) is 3.78. The van der Waals surface area contributed by atoms with Crippen LogP contribution in [0.25, 0.3) is 0 Å². The van der Waals surface area contributed by atoms with E-state index < -0.39 is 16.0 Å². The van der Waals surface area contributed by atoms with Crippen molar-refractivity contribution < 1.29 is 36.9 Å². The van der Waals surface area contributed by atoms with Gasteiger partial charge in [-0.1, -0.05) is 0 Å². The van der Waals surface area contributed by atoms with Gasteiger partial charge in [-0.25, -0.2) is 0 Å². The van der Waals surface area contributed by atoms with Gasteiger partial charge in [0.25, 0.3) is 10.0 Å². The lowest BCUT2D eigenvalue weighted by molar-refractivity contribution is -0.132. The van der Waals surface area contributed by atoms with Gasteiger partial charge in [0.15, 0.2) is 11.5 Å². The number of carbonyl (C=O) groups is 1.